The van der Waals surface area contributed by atoms with Crippen LogP contribution in [0.15, 0.2) is 0 Å². The van der Waals surface area contributed by atoms with Crippen LogP contribution in [-0.4, -0.2) is 35.6 Å². The second-order valence-electron chi connectivity index (χ2n) is 6.60. The van der Waals surface area contributed by atoms with E-state index in [0.29, 0.717) is 11.8 Å². The molecule has 0 atom stereocenters. The molecule has 0 aromatic heterocycles. The predicted octanol–water partition coefficient (Wildman–Crippen LogP) is 2.97. The Balaban J connectivity index is 1.78. The smallest absolute Gasteiger partial charge is 0.222 e. The van der Waals surface area contributed by atoms with Crippen molar-refractivity contribution in [1.29, 1.82) is 0 Å². The number of hydrogen-bond acceptors (Lipinski definition) is 2. The van der Waals surface area contributed by atoms with E-state index >= 15 is 0 Å². The van der Waals surface area contributed by atoms with Crippen LogP contribution in [0.1, 0.15) is 64.7 Å². The molecule has 2 aliphatic rings. The summed E-state index contributed by atoms with van der Waals surface area (Å²) in [6, 6.07) is 0. The average molecular weight is 267 g/mol. The molecule has 110 valence electrons. The molecule has 0 bridgehead atoms. The minimum atomic E-state index is 0.0849. The number of carbonyl (C=O) groups excluding carboxylic acids is 1. The lowest BCUT2D eigenvalue weighted by atomic mass is 9.77. The molecule has 3 nitrogen and oxygen atoms in total. The summed E-state index contributed by atoms with van der Waals surface area (Å²) in [7, 11) is 0. The molecule has 1 aliphatic carbocycles. The standard InChI is InChI=1S/C16H29NO2/c1-2-16(13-18)8-10-17(11-9-16)15(19)12-14-6-4-3-5-7-14/h14,18H,2-13H2,1H3. The molecular weight excluding hydrogens is 238 g/mol. The summed E-state index contributed by atoms with van der Waals surface area (Å²) in [5.41, 5.74) is 0.0849. The first-order valence-electron chi connectivity index (χ1n) is 8.08. The van der Waals surface area contributed by atoms with E-state index in [0.717, 1.165) is 38.8 Å². The van der Waals surface area contributed by atoms with E-state index in [9.17, 15) is 9.90 Å². The van der Waals surface area contributed by atoms with Gasteiger partial charge in [-0.25, -0.2) is 0 Å². The second kappa shape index (κ2) is 6.74. The van der Waals surface area contributed by atoms with E-state index in [1.54, 1.807) is 0 Å². The van der Waals surface area contributed by atoms with Crippen LogP contribution in [0.3, 0.4) is 0 Å². The molecule has 3 heteroatoms. The van der Waals surface area contributed by atoms with Gasteiger partial charge in [0.15, 0.2) is 0 Å². The van der Waals surface area contributed by atoms with Gasteiger partial charge in [0.25, 0.3) is 0 Å². The van der Waals surface area contributed by atoms with Gasteiger partial charge in [0, 0.05) is 26.1 Å². The van der Waals surface area contributed by atoms with Crippen molar-refractivity contribution in [2.24, 2.45) is 11.3 Å². The maximum absolute atomic E-state index is 12.3. The predicted molar refractivity (Wildman–Crippen MR) is 76.8 cm³/mol. The summed E-state index contributed by atoms with van der Waals surface area (Å²) >= 11 is 0. The fourth-order valence-corrected chi connectivity index (χ4v) is 3.62. The van der Waals surface area contributed by atoms with Crippen LogP contribution in [0.2, 0.25) is 0 Å². The Morgan fingerprint density at radius 1 is 1.21 bits per heavy atom. The largest absolute Gasteiger partial charge is 0.396 e. The van der Waals surface area contributed by atoms with Crippen LogP contribution in [0.25, 0.3) is 0 Å². The number of likely N-dealkylation sites (tertiary alicyclic amines) is 1. The Kier molecular flexibility index (Phi) is 5.26. The van der Waals surface area contributed by atoms with Gasteiger partial charge in [0.1, 0.15) is 0 Å². The fourth-order valence-electron chi connectivity index (χ4n) is 3.62. The van der Waals surface area contributed by atoms with E-state index in [4.69, 9.17) is 0 Å². The monoisotopic (exact) mass is 267 g/mol. The zero-order valence-corrected chi connectivity index (χ0v) is 12.4. The second-order valence-corrected chi connectivity index (χ2v) is 6.60. The van der Waals surface area contributed by atoms with Crippen molar-refractivity contribution in [1.82, 2.24) is 4.90 Å². The summed E-state index contributed by atoms with van der Waals surface area (Å²) < 4.78 is 0. The maximum atomic E-state index is 12.3. The molecule has 0 spiro atoms. The minimum Gasteiger partial charge on any atom is -0.396 e. The van der Waals surface area contributed by atoms with Crippen molar-refractivity contribution in [2.75, 3.05) is 19.7 Å². The van der Waals surface area contributed by atoms with Gasteiger partial charge >= 0.3 is 0 Å². The Hall–Kier alpha value is -0.570. The quantitative estimate of drug-likeness (QED) is 0.850. The number of aliphatic hydroxyl groups is 1. The van der Waals surface area contributed by atoms with E-state index in [2.05, 4.69) is 6.92 Å². The van der Waals surface area contributed by atoms with Crippen LogP contribution in [0.4, 0.5) is 0 Å². The topological polar surface area (TPSA) is 40.5 Å². The van der Waals surface area contributed by atoms with Crippen LogP contribution < -0.4 is 0 Å². The number of aliphatic hydroxyl groups excluding tert-OH is 1. The van der Waals surface area contributed by atoms with Crippen molar-refractivity contribution >= 4 is 5.91 Å². The maximum Gasteiger partial charge on any atom is 0.222 e. The van der Waals surface area contributed by atoms with Crippen LogP contribution in [-0.2, 0) is 4.79 Å². The average Bonchev–Trinajstić information content (AvgIpc) is 2.48. The lowest BCUT2D eigenvalue weighted by Gasteiger charge is -2.40. The van der Waals surface area contributed by atoms with Crippen molar-refractivity contribution in [3.8, 4) is 0 Å². The molecule has 1 saturated heterocycles. The van der Waals surface area contributed by atoms with Gasteiger partial charge in [-0.3, -0.25) is 4.79 Å². The summed E-state index contributed by atoms with van der Waals surface area (Å²) in [6.45, 7) is 4.11. The first-order chi connectivity index (χ1) is 9.19. The molecular formula is C16H29NO2. The SMILES string of the molecule is CCC1(CO)CCN(C(=O)CC2CCCCC2)CC1. The Morgan fingerprint density at radius 2 is 1.84 bits per heavy atom. The number of rotatable bonds is 4. The Labute approximate surface area is 117 Å². The van der Waals surface area contributed by atoms with Gasteiger partial charge in [0.05, 0.1) is 0 Å². The molecule has 2 rings (SSSR count). The summed E-state index contributed by atoms with van der Waals surface area (Å²) in [5.74, 6) is 0.992. The number of amides is 1. The van der Waals surface area contributed by atoms with Crippen molar-refractivity contribution in [3.05, 3.63) is 0 Å². The van der Waals surface area contributed by atoms with Gasteiger partial charge in [-0.05, 0) is 43.4 Å². The molecule has 2 fully saturated rings. The Morgan fingerprint density at radius 3 is 2.37 bits per heavy atom. The van der Waals surface area contributed by atoms with Crippen LogP contribution in [0, 0.1) is 11.3 Å². The molecule has 0 unspecified atom stereocenters. The highest BCUT2D eigenvalue weighted by molar-refractivity contribution is 5.76. The van der Waals surface area contributed by atoms with E-state index in [1.165, 1.54) is 32.1 Å². The zero-order chi connectivity index (χ0) is 13.7. The molecule has 0 aromatic carbocycles. The van der Waals surface area contributed by atoms with Gasteiger partial charge in [0.2, 0.25) is 5.91 Å². The number of piperidine rings is 1. The first kappa shape index (κ1) is 14.8. The highest BCUT2D eigenvalue weighted by Crippen LogP contribution is 2.35. The molecule has 1 N–H and O–H groups in total. The zero-order valence-electron chi connectivity index (χ0n) is 12.4. The molecule has 1 heterocycles. The van der Waals surface area contributed by atoms with E-state index in [-0.39, 0.29) is 12.0 Å². The molecule has 1 amide bonds. The Bertz CT molecular complexity index is 283. The molecule has 1 saturated carbocycles. The van der Waals surface area contributed by atoms with Gasteiger partial charge < -0.3 is 10.0 Å². The van der Waals surface area contributed by atoms with Gasteiger partial charge in [-0.15, -0.1) is 0 Å². The number of nitrogens with zero attached hydrogens (tertiary/aromatic N) is 1. The highest BCUT2D eigenvalue weighted by Gasteiger charge is 2.34. The number of hydrogen-bond donors (Lipinski definition) is 1. The summed E-state index contributed by atoms with van der Waals surface area (Å²) in [5, 5.41) is 9.52. The summed E-state index contributed by atoms with van der Waals surface area (Å²) in [6.07, 6.45) is 10.2. The third kappa shape index (κ3) is 3.71. The summed E-state index contributed by atoms with van der Waals surface area (Å²) in [4.78, 5) is 14.4. The van der Waals surface area contributed by atoms with Crippen LogP contribution >= 0.6 is 0 Å². The van der Waals surface area contributed by atoms with E-state index in [1.807, 2.05) is 4.90 Å². The third-order valence-electron chi connectivity index (χ3n) is 5.45. The third-order valence-corrected chi connectivity index (χ3v) is 5.45. The fraction of sp³-hybridized carbons (Fsp3) is 0.938. The minimum absolute atomic E-state index is 0.0849. The molecule has 1 aliphatic heterocycles. The lowest BCUT2D eigenvalue weighted by Crippen LogP contribution is -2.44. The number of carbonyl (C=O) groups is 1. The van der Waals surface area contributed by atoms with Gasteiger partial charge in [-0.1, -0.05) is 26.2 Å². The van der Waals surface area contributed by atoms with Crippen molar-refractivity contribution < 1.29 is 9.90 Å². The van der Waals surface area contributed by atoms with Crippen molar-refractivity contribution in [3.63, 3.8) is 0 Å². The van der Waals surface area contributed by atoms with E-state index < -0.39 is 0 Å². The van der Waals surface area contributed by atoms with Crippen LogP contribution in [0.5, 0.6) is 0 Å². The molecule has 19 heavy (non-hydrogen) atoms. The van der Waals surface area contributed by atoms with Crippen molar-refractivity contribution in [2.45, 2.75) is 64.7 Å². The molecule has 0 radical (unpaired) electrons. The van der Waals surface area contributed by atoms with Gasteiger partial charge in [-0.2, -0.15) is 0 Å². The molecule has 0 aromatic rings. The lowest BCUT2D eigenvalue weighted by molar-refractivity contribution is -0.135. The highest BCUT2D eigenvalue weighted by atomic mass is 16.3. The first-order valence-corrected chi connectivity index (χ1v) is 8.08. The normalized spacial score (nSPS) is 24.4.